The molecular formula is C22H18F2N2O2S. The minimum Gasteiger partial charge on any atom is -0.334 e. The second-order valence-corrected chi connectivity index (χ2v) is 7.90. The lowest BCUT2D eigenvalue weighted by molar-refractivity contribution is 0.0735. The van der Waals surface area contributed by atoms with Crippen LogP contribution in [-0.2, 0) is 13.0 Å². The molecule has 4 rings (SSSR count). The van der Waals surface area contributed by atoms with E-state index in [0.29, 0.717) is 36.0 Å². The molecule has 1 aromatic heterocycles. The van der Waals surface area contributed by atoms with Gasteiger partial charge in [0.1, 0.15) is 11.6 Å². The number of nitrogens with zero attached hydrogens (tertiary/aromatic N) is 1. The average molecular weight is 412 g/mol. The van der Waals surface area contributed by atoms with Gasteiger partial charge < -0.3 is 10.2 Å². The van der Waals surface area contributed by atoms with Gasteiger partial charge in [-0.25, -0.2) is 8.78 Å². The monoisotopic (exact) mass is 412 g/mol. The van der Waals surface area contributed by atoms with E-state index in [-0.39, 0.29) is 11.5 Å². The SMILES string of the molecule is Cc1c(NC(=O)c2ccc(F)cc2F)cccc1C(=O)N1CCc2sccc2C1. The average Bonchev–Trinajstić information content (AvgIpc) is 3.16. The van der Waals surface area contributed by atoms with Crippen molar-refractivity contribution in [2.45, 2.75) is 19.9 Å². The van der Waals surface area contributed by atoms with Crippen molar-refractivity contribution in [3.8, 4) is 0 Å². The molecule has 2 amide bonds. The predicted molar refractivity (Wildman–Crippen MR) is 108 cm³/mol. The first-order valence-corrected chi connectivity index (χ1v) is 10.0. The van der Waals surface area contributed by atoms with Crippen molar-refractivity contribution in [2.24, 2.45) is 0 Å². The highest BCUT2D eigenvalue weighted by molar-refractivity contribution is 7.10. The van der Waals surface area contributed by atoms with E-state index < -0.39 is 17.5 Å². The molecule has 1 aliphatic rings. The highest BCUT2D eigenvalue weighted by Gasteiger charge is 2.24. The maximum atomic E-state index is 13.9. The topological polar surface area (TPSA) is 49.4 Å². The molecule has 1 aliphatic heterocycles. The third kappa shape index (κ3) is 3.78. The minimum atomic E-state index is -0.938. The van der Waals surface area contributed by atoms with Crippen LogP contribution in [-0.4, -0.2) is 23.3 Å². The fourth-order valence-electron chi connectivity index (χ4n) is 3.46. The normalized spacial score (nSPS) is 13.1. The van der Waals surface area contributed by atoms with E-state index in [1.807, 2.05) is 11.4 Å². The Morgan fingerprint density at radius 2 is 1.93 bits per heavy atom. The molecule has 0 saturated heterocycles. The molecule has 148 valence electrons. The molecule has 0 bridgehead atoms. The number of hydrogen-bond acceptors (Lipinski definition) is 3. The Kier molecular flexibility index (Phi) is 5.15. The molecule has 3 aromatic rings. The first kappa shape index (κ1) is 19.3. The molecular weight excluding hydrogens is 394 g/mol. The van der Waals surface area contributed by atoms with Crippen molar-refractivity contribution >= 4 is 28.8 Å². The van der Waals surface area contributed by atoms with E-state index in [1.54, 1.807) is 41.4 Å². The third-order valence-electron chi connectivity index (χ3n) is 5.08. The number of hydrogen-bond donors (Lipinski definition) is 1. The van der Waals surface area contributed by atoms with Crippen molar-refractivity contribution < 1.29 is 18.4 Å². The number of fused-ring (bicyclic) bond motifs is 1. The largest absolute Gasteiger partial charge is 0.334 e. The summed E-state index contributed by atoms with van der Waals surface area (Å²) in [6.07, 6.45) is 0.831. The molecule has 7 heteroatoms. The van der Waals surface area contributed by atoms with Gasteiger partial charge in [0.15, 0.2) is 0 Å². The quantitative estimate of drug-likeness (QED) is 0.673. The van der Waals surface area contributed by atoms with E-state index in [4.69, 9.17) is 0 Å². The van der Waals surface area contributed by atoms with Crippen LogP contribution >= 0.6 is 11.3 Å². The number of halogens is 2. The fourth-order valence-corrected chi connectivity index (χ4v) is 4.35. The van der Waals surface area contributed by atoms with Crippen molar-refractivity contribution in [2.75, 3.05) is 11.9 Å². The lowest BCUT2D eigenvalue weighted by Gasteiger charge is -2.28. The maximum absolute atomic E-state index is 13.9. The Morgan fingerprint density at radius 1 is 1.10 bits per heavy atom. The van der Waals surface area contributed by atoms with Crippen LogP contribution in [0.5, 0.6) is 0 Å². The van der Waals surface area contributed by atoms with Crippen LogP contribution in [0.2, 0.25) is 0 Å². The summed E-state index contributed by atoms with van der Waals surface area (Å²) in [7, 11) is 0. The molecule has 1 N–H and O–H groups in total. The number of anilines is 1. The summed E-state index contributed by atoms with van der Waals surface area (Å²) in [5, 5.41) is 4.66. The lowest BCUT2D eigenvalue weighted by Crippen LogP contribution is -2.35. The standard InChI is InChI=1S/C22H18F2N2O2S/c1-13-16(22(28)26-9-7-20-14(12-26)8-10-29-20)3-2-4-19(13)25-21(27)17-6-5-15(23)11-18(17)24/h2-6,8,10-11H,7,9,12H2,1H3,(H,25,27). The smallest absolute Gasteiger partial charge is 0.258 e. The van der Waals surface area contributed by atoms with E-state index >= 15 is 0 Å². The van der Waals surface area contributed by atoms with Crippen LogP contribution < -0.4 is 5.32 Å². The number of carbonyl (C=O) groups excluding carboxylic acids is 2. The molecule has 0 saturated carbocycles. The van der Waals surface area contributed by atoms with Crippen molar-refractivity contribution in [1.29, 1.82) is 0 Å². The number of rotatable bonds is 3. The van der Waals surface area contributed by atoms with Gasteiger partial charge >= 0.3 is 0 Å². The Morgan fingerprint density at radius 3 is 2.72 bits per heavy atom. The molecule has 0 fully saturated rings. The zero-order chi connectivity index (χ0) is 20.5. The molecule has 2 heterocycles. The summed E-state index contributed by atoms with van der Waals surface area (Å²) in [5.41, 5.74) is 2.41. The highest BCUT2D eigenvalue weighted by Crippen LogP contribution is 2.27. The van der Waals surface area contributed by atoms with Gasteiger partial charge in [0.2, 0.25) is 0 Å². The molecule has 0 unspecified atom stereocenters. The van der Waals surface area contributed by atoms with Crippen molar-refractivity contribution in [3.05, 3.63) is 86.6 Å². The van der Waals surface area contributed by atoms with Gasteiger partial charge in [-0.15, -0.1) is 11.3 Å². The summed E-state index contributed by atoms with van der Waals surface area (Å²) >= 11 is 1.71. The zero-order valence-electron chi connectivity index (χ0n) is 15.7. The number of carbonyl (C=O) groups is 2. The Bertz CT molecular complexity index is 1110. The number of benzene rings is 2. The first-order chi connectivity index (χ1) is 13.9. The van der Waals surface area contributed by atoms with Gasteiger partial charge in [0, 0.05) is 35.3 Å². The summed E-state index contributed by atoms with van der Waals surface area (Å²) in [5.74, 6) is -2.50. The van der Waals surface area contributed by atoms with E-state index in [1.165, 1.54) is 10.4 Å². The van der Waals surface area contributed by atoms with Gasteiger partial charge in [0.25, 0.3) is 11.8 Å². The number of thiophene rings is 1. The second-order valence-electron chi connectivity index (χ2n) is 6.90. The van der Waals surface area contributed by atoms with E-state index in [0.717, 1.165) is 18.6 Å². The second kappa shape index (κ2) is 7.75. The van der Waals surface area contributed by atoms with Crippen LogP contribution in [0, 0.1) is 18.6 Å². The van der Waals surface area contributed by atoms with Crippen LogP contribution in [0.3, 0.4) is 0 Å². The van der Waals surface area contributed by atoms with Crippen molar-refractivity contribution in [1.82, 2.24) is 4.90 Å². The van der Waals surface area contributed by atoms with Crippen LogP contribution in [0.25, 0.3) is 0 Å². The van der Waals surface area contributed by atoms with Crippen LogP contribution in [0.4, 0.5) is 14.5 Å². The first-order valence-electron chi connectivity index (χ1n) is 9.14. The predicted octanol–water partition coefficient (Wildman–Crippen LogP) is 4.79. The molecule has 0 atom stereocenters. The van der Waals surface area contributed by atoms with Crippen LogP contribution in [0.15, 0.2) is 47.8 Å². The van der Waals surface area contributed by atoms with Gasteiger partial charge in [-0.05, 0) is 60.2 Å². The number of amides is 2. The summed E-state index contributed by atoms with van der Waals surface area (Å²) in [6.45, 7) is 2.95. The van der Waals surface area contributed by atoms with Gasteiger partial charge in [-0.3, -0.25) is 9.59 Å². The molecule has 2 aromatic carbocycles. The summed E-state index contributed by atoms with van der Waals surface area (Å²) < 4.78 is 27.0. The Balaban J connectivity index is 1.56. The molecule has 4 nitrogen and oxygen atoms in total. The molecule has 0 aliphatic carbocycles. The zero-order valence-corrected chi connectivity index (χ0v) is 16.5. The fraction of sp³-hybridized carbons (Fsp3) is 0.182. The highest BCUT2D eigenvalue weighted by atomic mass is 32.1. The lowest BCUT2D eigenvalue weighted by atomic mass is 10.0. The molecule has 0 spiro atoms. The van der Waals surface area contributed by atoms with Gasteiger partial charge in [-0.2, -0.15) is 0 Å². The van der Waals surface area contributed by atoms with Crippen molar-refractivity contribution in [3.63, 3.8) is 0 Å². The van der Waals surface area contributed by atoms with Gasteiger partial charge in [-0.1, -0.05) is 6.07 Å². The molecule has 0 radical (unpaired) electrons. The van der Waals surface area contributed by atoms with Crippen LogP contribution in [0.1, 0.15) is 36.7 Å². The summed E-state index contributed by atoms with van der Waals surface area (Å²) in [4.78, 5) is 28.6. The number of nitrogens with one attached hydrogen (secondary N) is 1. The Hall–Kier alpha value is -3.06. The Labute approximate surface area is 170 Å². The van der Waals surface area contributed by atoms with Gasteiger partial charge in [0.05, 0.1) is 5.56 Å². The minimum absolute atomic E-state index is 0.108. The van der Waals surface area contributed by atoms with E-state index in [9.17, 15) is 18.4 Å². The molecule has 29 heavy (non-hydrogen) atoms. The third-order valence-corrected chi connectivity index (χ3v) is 6.11. The van der Waals surface area contributed by atoms with E-state index in [2.05, 4.69) is 5.32 Å². The maximum Gasteiger partial charge on any atom is 0.258 e. The summed E-state index contributed by atoms with van der Waals surface area (Å²) in [6, 6.07) is 9.87.